The van der Waals surface area contributed by atoms with E-state index in [0.717, 1.165) is 0 Å². The number of hydrogen-bond acceptors (Lipinski definition) is 4. The summed E-state index contributed by atoms with van der Waals surface area (Å²) in [5.41, 5.74) is -3.35. The molecule has 0 spiro atoms. The van der Waals surface area contributed by atoms with E-state index in [1.54, 1.807) is 13.0 Å². The van der Waals surface area contributed by atoms with Gasteiger partial charge in [-0.2, -0.15) is 0 Å². The molecule has 4 nitrogen and oxygen atoms in total. The second kappa shape index (κ2) is 6.86. The van der Waals surface area contributed by atoms with Crippen LogP contribution in [-0.2, 0) is 9.59 Å². The standard InChI is InChI=1S/C22H26BrCl2FO4/c1-10-4-11-12-5-15(26)13-6-16(28)14(23)7-19(13,2)21(12,25)17(24)8-20(11,3)22(10,30)18(29)9-27/h6-7,10-12,15,17,27,30H,4-5,8-9H2,1-3H3/t10-,11+,12+,15+,17+,19+,20+,21+,22+/m1/s1. The number of aliphatic hydroxyl groups excluding tert-OH is 1. The largest absolute Gasteiger partial charge is 0.388 e. The summed E-state index contributed by atoms with van der Waals surface area (Å²) in [7, 11) is 0. The van der Waals surface area contributed by atoms with Gasteiger partial charge >= 0.3 is 0 Å². The average molecular weight is 524 g/mol. The van der Waals surface area contributed by atoms with Crippen molar-refractivity contribution in [3.63, 3.8) is 0 Å². The van der Waals surface area contributed by atoms with Gasteiger partial charge < -0.3 is 10.2 Å². The van der Waals surface area contributed by atoms with Gasteiger partial charge in [0.1, 0.15) is 18.4 Å². The Labute approximate surface area is 194 Å². The molecule has 0 bridgehead atoms. The zero-order valence-electron chi connectivity index (χ0n) is 17.1. The van der Waals surface area contributed by atoms with Gasteiger partial charge in [0, 0.05) is 10.8 Å². The van der Waals surface area contributed by atoms with Gasteiger partial charge in [0.2, 0.25) is 0 Å². The molecule has 0 radical (unpaired) electrons. The van der Waals surface area contributed by atoms with E-state index in [1.807, 2.05) is 13.8 Å². The first-order chi connectivity index (χ1) is 13.8. The summed E-state index contributed by atoms with van der Waals surface area (Å²) in [4.78, 5) is 23.8. The van der Waals surface area contributed by atoms with E-state index in [4.69, 9.17) is 23.2 Å². The third-order valence-corrected chi connectivity index (χ3v) is 11.0. The summed E-state index contributed by atoms with van der Waals surface area (Å²) in [6.07, 6.45) is 2.42. The van der Waals surface area contributed by atoms with Crippen molar-refractivity contribution in [2.75, 3.05) is 6.61 Å². The fourth-order valence-corrected chi connectivity index (χ4v) is 9.01. The normalized spacial score (nSPS) is 52.7. The van der Waals surface area contributed by atoms with E-state index in [2.05, 4.69) is 15.9 Å². The minimum absolute atomic E-state index is 0.0727. The number of aliphatic hydroxyl groups is 2. The summed E-state index contributed by atoms with van der Waals surface area (Å²) in [5.74, 6) is -2.04. The maximum atomic E-state index is 15.5. The highest BCUT2D eigenvalue weighted by Gasteiger charge is 2.75. The lowest BCUT2D eigenvalue weighted by atomic mass is 9.46. The van der Waals surface area contributed by atoms with E-state index >= 15 is 4.39 Å². The molecule has 0 saturated heterocycles. The van der Waals surface area contributed by atoms with Crippen LogP contribution in [0.5, 0.6) is 0 Å². The fraction of sp³-hybridized carbons (Fsp3) is 0.727. The van der Waals surface area contributed by atoms with Crippen LogP contribution in [0.3, 0.4) is 0 Å². The van der Waals surface area contributed by atoms with Crippen LogP contribution in [0.1, 0.15) is 40.0 Å². The molecule has 166 valence electrons. The molecule has 8 heteroatoms. The zero-order valence-corrected chi connectivity index (χ0v) is 20.2. The van der Waals surface area contributed by atoms with Gasteiger partial charge in [-0.3, -0.25) is 9.59 Å². The van der Waals surface area contributed by atoms with Crippen LogP contribution in [0.4, 0.5) is 4.39 Å². The fourth-order valence-electron chi connectivity index (χ4n) is 7.24. The van der Waals surface area contributed by atoms with E-state index in [9.17, 15) is 19.8 Å². The van der Waals surface area contributed by atoms with Crippen LogP contribution >= 0.6 is 39.1 Å². The van der Waals surface area contributed by atoms with Crippen LogP contribution in [0.25, 0.3) is 0 Å². The summed E-state index contributed by atoms with van der Waals surface area (Å²) < 4.78 is 15.8. The average Bonchev–Trinajstić information content (AvgIpc) is 2.87. The Morgan fingerprint density at radius 3 is 2.57 bits per heavy atom. The number of carbonyl (C=O) groups is 2. The molecule has 0 heterocycles. The lowest BCUT2D eigenvalue weighted by Crippen LogP contribution is -2.69. The lowest BCUT2D eigenvalue weighted by Gasteiger charge is -2.64. The highest BCUT2D eigenvalue weighted by atomic mass is 79.9. The first-order valence-corrected chi connectivity index (χ1v) is 11.9. The predicted octanol–water partition coefficient (Wildman–Crippen LogP) is 4.08. The Kier molecular flexibility index (Phi) is 5.24. The van der Waals surface area contributed by atoms with Crippen LogP contribution in [0, 0.1) is 28.6 Å². The number of ketones is 2. The monoisotopic (exact) mass is 522 g/mol. The molecule has 3 saturated carbocycles. The SMILES string of the molecule is C[C@@H]1C[C@H]2[C@@H]3C[C@H](F)C4=CC(=O)C(Br)=C[C@]4(C)[C@@]3(Cl)[C@@H](Cl)C[C@]2(C)[C@@]1(O)C(=O)CO. The third-order valence-electron chi connectivity index (χ3n) is 8.79. The number of rotatable bonds is 2. The highest BCUT2D eigenvalue weighted by molar-refractivity contribution is 9.12. The molecule has 4 aliphatic carbocycles. The molecule has 4 aliphatic rings. The molecule has 0 aliphatic heterocycles. The Morgan fingerprint density at radius 2 is 1.97 bits per heavy atom. The number of carbonyl (C=O) groups excluding carboxylic acids is 2. The minimum Gasteiger partial charge on any atom is -0.388 e. The van der Waals surface area contributed by atoms with Gasteiger partial charge in [0.15, 0.2) is 11.6 Å². The first kappa shape index (κ1) is 22.9. The van der Waals surface area contributed by atoms with Crippen molar-refractivity contribution in [1.29, 1.82) is 0 Å². The molecule has 0 aromatic carbocycles. The van der Waals surface area contributed by atoms with Crippen molar-refractivity contribution in [3.05, 3.63) is 22.2 Å². The Bertz CT molecular complexity index is 892. The molecule has 0 unspecified atom stereocenters. The van der Waals surface area contributed by atoms with Crippen molar-refractivity contribution in [2.24, 2.45) is 28.6 Å². The number of hydrogen-bond donors (Lipinski definition) is 2. The molecule has 0 amide bonds. The first-order valence-electron chi connectivity index (χ1n) is 10.3. The summed E-state index contributed by atoms with van der Waals surface area (Å²) in [6, 6.07) is 0. The summed E-state index contributed by atoms with van der Waals surface area (Å²) in [6.45, 7) is 4.66. The van der Waals surface area contributed by atoms with Gasteiger partial charge in [-0.25, -0.2) is 4.39 Å². The molecule has 2 N–H and O–H groups in total. The molecule has 0 aromatic heterocycles. The van der Waals surface area contributed by atoms with E-state index in [0.29, 0.717) is 16.5 Å². The third kappa shape index (κ3) is 2.46. The smallest absolute Gasteiger partial charge is 0.192 e. The van der Waals surface area contributed by atoms with Crippen molar-refractivity contribution in [3.8, 4) is 0 Å². The van der Waals surface area contributed by atoms with E-state index < -0.39 is 57.1 Å². The highest BCUT2D eigenvalue weighted by Crippen LogP contribution is 2.72. The number of halogens is 4. The van der Waals surface area contributed by atoms with Crippen LogP contribution in [0.2, 0.25) is 0 Å². The van der Waals surface area contributed by atoms with Crippen LogP contribution < -0.4 is 0 Å². The van der Waals surface area contributed by atoms with Crippen molar-refractivity contribution in [1.82, 2.24) is 0 Å². The predicted molar refractivity (Wildman–Crippen MR) is 116 cm³/mol. The topological polar surface area (TPSA) is 74.6 Å². The minimum atomic E-state index is -1.75. The Balaban J connectivity index is 1.89. The Morgan fingerprint density at radius 1 is 1.33 bits per heavy atom. The lowest BCUT2D eigenvalue weighted by molar-refractivity contribution is -0.168. The van der Waals surface area contributed by atoms with Crippen molar-refractivity contribution < 1.29 is 24.2 Å². The second-order valence-electron chi connectivity index (χ2n) is 9.92. The number of fused-ring (bicyclic) bond motifs is 5. The number of alkyl halides is 3. The zero-order chi connectivity index (χ0) is 22.4. The maximum Gasteiger partial charge on any atom is 0.192 e. The second-order valence-corrected chi connectivity index (χ2v) is 11.9. The van der Waals surface area contributed by atoms with Crippen LogP contribution in [0.15, 0.2) is 22.2 Å². The molecular weight excluding hydrogens is 498 g/mol. The Hall–Kier alpha value is -0.270. The number of Topliss-reactive ketones (excluding diaryl/α,β-unsaturated/α-hetero) is 1. The van der Waals surface area contributed by atoms with E-state index in [1.165, 1.54) is 6.08 Å². The summed E-state index contributed by atoms with van der Waals surface area (Å²) >= 11 is 17.6. The van der Waals surface area contributed by atoms with Gasteiger partial charge in [-0.05, 0) is 64.6 Å². The summed E-state index contributed by atoms with van der Waals surface area (Å²) in [5, 5.41) is 20.4. The number of allylic oxidation sites excluding steroid dienone is 4. The maximum absolute atomic E-state index is 15.5. The molecular formula is C22H26BrCl2FO4. The molecule has 9 atom stereocenters. The molecule has 3 fully saturated rings. The van der Waals surface area contributed by atoms with Crippen molar-refractivity contribution in [2.45, 2.75) is 62.1 Å². The van der Waals surface area contributed by atoms with Crippen molar-refractivity contribution >= 4 is 50.7 Å². The van der Waals surface area contributed by atoms with Gasteiger partial charge in [-0.1, -0.05) is 26.8 Å². The van der Waals surface area contributed by atoms with Crippen LogP contribution in [-0.4, -0.2) is 50.4 Å². The van der Waals surface area contributed by atoms with Gasteiger partial charge in [-0.15, -0.1) is 23.2 Å². The van der Waals surface area contributed by atoms with E-state index in [-0.39, 0.29) is 24.5 Å². The van der Waals surface area contributed by atoms with Gasteiger partial charge in [0.05, 0.1) is 14.7 Å². The van der Waals surface area contributed by atoms with Gasteiger partial charge in [0.25, 0.3) is 0 Å². The quantitative estimate of drug-likeness (QED) is 0.535. The molecule has 0 aromatic rings. The molecule has 4 rings (SSSR count). The molecule has 30 heavy (non-hydrogen) atoms.